The van der Waals surface area contributed by atoms with Gasteiger partial charge in [0, 0.05) is 0 Å². The molecule has 2 nitrogen and oxygen atoms in total. The Morgan fingerprint density at radius 1 is 1.00 bits per heavy atom. The molecule has 4 bridgehead atoms. The molecule has 5 unspecified atom stereocenters. The predicted octanol–water partition coefficient (Wildman–Crippen LogP) is 1.34. The Bertz CT molecular complexity index is 178. The molecule has 62 valence electrons. The van der Waals surface area contributed by atoms with Gasteiger partial charge in [-0.1, -0.05) is 6.92 Å². The zero-order valence-corrected chi connectivity index (χ0v) is 6.82. The lowest BCUT2D eigenvalue weighted by Crippen LogP contribution is -2.61. The average molecular weight is 154 g/mol. The van der Waals surface area contributed by atoms with Crippen molar-refractivity contribution in [3.63, 3.8) is 0 Å². The largest absolute Gasteiger partial charge is 0.370 e. The Kier molecular flexibility index (Phi) is 1.16. The van der Waals surface area contributed by atoms with Gasteiger partial charge in [-0.2, -0.15) is 0 Å². The van der Waals surface area contributed by atoms with E-state index in [0.717, 1.165) is 5.92 Å². The van der Waals surface area contributed by atoms with E-state index in [2.05, 4.69) is 6.92 Å². The number of hydrogen-bond donors (Lipinski definition) is 0. The summed E-state index contributed by atoms with van der Waals surface area (Å²) >= 11 is 0. The molecule has 0 amide bonds. The molecular formula is C9H14O2. The van der Waals surface area contributed by atoms with Crippen molar-refractivity contribution in [2.24, 2.45) is 5.92 Å². The van der Waals surface area contributed by atoms with Gasteiger partial charge in [-0.05, 0) is 25.2 Å². The molecule has 0 aromatic heterocycles. The zero-order valence-electron chi connectivity index (χ0n) is 6.82. The maximum Gasteiger partial charge on any atom is 0.0868 e. The van der Waals surface area contributed by atoms with E-state index in [4.69, 9.17) is 9.47 Å². The lowest BCUT2D eigenvalue weighted by Gasteiger charge is -2.54. The van der Waals surface area contributed by atoms with Gasteiger partial charge in [0.05, 0.1) is 24.4 Å². The van der Waals surface area contributed by atoms with Gasteiger partial charge < -0.3 is 9.47 Å². The van der Waals surface area contributed by atoms with Gasteiger partial charge in [0.2, 0.25) is 0 Å². The zero-order chi connectivity index (χ0) is 7.42. The first-order chi connectivity index (χ1) is 5.34. The SMILES string of the molecule is CC1CC2OC3CCC2OC13. The summed E-state index contributed by atoms with van der Waals surface area (Å²) < 4.78 is 11.7. The first kappa shape index (κ1) is 6.44. The van der Waals surface area contributed by atoms with Crippen molar-refractivity contribution < 1.29 is 9.47 Å². The van der Waals surface area contributed by atoms with Gasteiger partial charge in [0.25, 0.3) is 0 Å². The Morgan fingerprint density at radius 3 is 2.36 bits per heavy atom. The lowest BCUT2D eigenvalue weighted by atomic mass is 9.78. The van der Waals surface area contributed by atoms with Crippen LogP contribution in [0.4, 0.5) is 0 Å². The van der Waals surface area contributed by atoms with E-state index < -0.39 is 0 Å². The molecule has 0 aromatic carbocycles. The molecule has 5 rings (SSSR count). The third kappa shape index (κ3) is 0.744. The maximum absolute atomic E-state index is 5.87. The van der Waals surface area contributed by atoms with Crippen molar-refractivity contribution in [2.75, 3.05) is 0 Å². The first-order valence-electron chi connectivity index (χ1n) is 4.65. The van der Waals surface area contributed by atoms with Crippen LogP contribution in [0, 0.1) is 5.92 Å². The summed E-state index contributed by atoms with van der Waals surface area (Å²) in [6, 6.07) is 0. The molecule has 5 atom stereocenters. The van der Waals surface area contributed by atoms with Crippen LogP contribution in [0.2, 0.25) is 0 Å². The van der Waals surface area contributed by atoms with Crippen LogP contribution in [0.1, 0.15) is 26.2 Å². The van der Waals surface area contributed by atoms with E-state index >= 15 is 0 Å². The van der Waals surface area contributed by atoms with Crippen LogP contribution in [0.25, 0.3) is 0 Å². The standard InChI is InChI=1S/C9H14O2/c1-5-4-8-6-2-3-7(10-8)9(5)11-6/h5-9H,2-4H2,1H3. The molecule has 5 fully saturated rings. The topological polar surface area (TPSA) is 18.5 Å². The van der Waals surface area contributed by atoms with Crippen LogP contribution in [-0.4, -0.2) is 24.4 Å². The Labute approximate surface area is 66.9 Å². The van der Waals surface area contributed by atoms with Gasteiger partial charge in [0.1, 0.15) is 0 Å². The third-order valence-electron chi connectivity index (χ3n) is 3.36. The third-order valence-corrected chi connectivity index (χ3v) is 3.36. The maximum atomic E-state index is 5.87. The van der Waals surface area contributed by atoms with E-state index in [1.54, 1.807) is 0 Å². The summed E-state index contributed by atoms with van der Waals surface area (Å²) in [5.74, 6) is 0.732. The second kappa shape index (κ2) is 1.99. The molecule has 5 saturated heterocycles. The van der Waals surface area contributed by atoms with Crippen LogP contribution < -0.4 is 0 Å². The number of ether oxygens (including phenoxy) is 2. The molecule has 2 heteroatoms. The van der Waals surface area contributed by atoms with E-state index in [1.165, 1.54) is 19.3 Å². The van der Waals surface area contributed by atoms with Gasteiger partial charge in [-0.25, -0.2) is 0 Å². The summed E-state index contributed by atoms with van der Waals surface area (Å²) in [6.07, 6.45) is 5.45. The molecule has 5 aliphatic rings. The number of rotatable bonds is 0. The summed E-state index contributed by atoms with van der Waals surface area (Å²) in [7, 11) is 0. The highest BCUT2D eigenvalue weighted by Gasteiger charge is 2.50. The first-order valence-corrected chi connectivity index (χ1v) is 4.65. The summed E-state index contributed by atoms with van der Waals surface area (Å²) in [4.78, 5) is 0. The Balaban J connectivity index is 1.93. The lowest BCUT2D eigenvalue weighted by molar-refractivity contribution is -0.302. The minimum Gasteiger partial charge on any atom is -0.370 e. The highest BCUT2D eigenvalue weighted by atomic mass is 16.6. The van der Waals surface area contributed by atoms with Crippen molar-refractivity contribution in [1.29, 1.82) is 0 Å². The van der Waals surface area contributed by atoms with Crippen LogP contribution in [-0.2, 0) is 9.47 Å². The molecule has 5 heterocycles. The Hall–Kier alpha value is -0.0800. The summed E-state index contributed by atoms with van der Waals surface area (Å²) in [5.41, 5.74) is 0. The molecule has 0 spiro atoms. The van der Waals surface area contributed by atoms with Crippen LogP contribution in [0.3, 0.4) is 0 Å². The fourth-order valence-corrected chi connectivity index (χ4v) is 2.79. The van der Waals surface area contributed by atoms with Crippen LogP contribution in [0.5, 0.6) is 0 Å². The number of fused-ring (bicyclic) bond motifs is 2. The van der Waals surface area contributed by atoms with Crippen LogP contribution in [0.15, 0.2) is 0 Å². The van der Waals surface area contributed by atoms with Crippen LogP contribution >= 0.6 is 0 Å². The van der Waals surface area contributed by atoms with Gasteiger partial charge in [0.15, 0.2) is 0 Å². The molecule has 0 radical (unpaired) electrons. The smallest absolute Gasteiger partial charge is 0.0868 e. The molecule has 0 N–H and O–H groups in total. The van der Waals surface area contributed by atoms with E-state index in [1.807, 2.05) is 0 Å². The molecule has 0 aliphatic carbocycles. The fourth-order valence-electron chi connectivity index (χ4n) is 2.79. The second-order valence-corrected chi connectivity index (χ2v) is 4.14. The molecule has 0 saturated carbocycles. The number of hydrogen-bond acceptors (Lipinski definition) is 2. The average Bonchev–Trinajstić information content (AvgIpc) is 2.05. The second-order valence-electron chi connectivity index (χ2n) is 4.14. The van der Waals surface area contributed by atoms with E-state index in [0.29, 0.717) is 24.4 Å². The van der Waals surface area contributed by atoms with Crippen molar-refractivity contribution >= 4 is 0 Å². The molecule has 11 heavy (non-hydrogen) atoms. The van der Waals surface area contributed by atoms with E-state index in [9.17, 15) is 0 Å². The Morgan fingerprint density at radius 2 is 1.82 bits per heavy atom. The van der Waals surface area contributed by atoms with Gasteiger partial charge in [-0.15, -0.1) is 0 Å². The summed E-state index contributed by atoms with van der Waals surface area (Å²) in [5, 5.41) is 0. The molecule has 5 aliphatic heterocycles. The highest BCUT2D eigenvalue weighted by Crippen LogP contribution is 2.44. The summed E-state index contributed by atoms with van der Waals surface area (Å²) in [6.45, 7) is 2.29. The van der Waals surface area contributed by atoms with Crippen molar-refractivity contribution in [1.82, 2.24) is 0 Å². The monoisotopic (exact) mass is 154 g/mol. The fraction of sp³-hybridized carbons (Fsp3) is 1.00. The quantitative estimate of drug-likeness (QED) is 0.524. The predicted molar refractivity (Wildman–Crippen MR) is 40.3 cm³/mol. The highest BCUT2D eigenvalue weighted by molar-refractivity contribution is 4.98. The van der Waals surface area contributed by atoms with E-state index in [-0.39, 0.29) is 0 Å². The van der Waals surface area contributed by atoms with Crippen molar-refractivity contribution in [3.05, 3.63) is 0 Å². The van der Waals surface area contributed by atoms with Crippen molar-refractivity contribution in [2.45, 2.75) is 50.6 Å². The molecular weight excluding hydrogens is 140 g/mol. The minimum absolute atomic E-state index is 0.429. The molecule has 0 aromatic rings. The van der Waals surface area contributed by atoms with Crippen molar-refractivity contribution in [3.8, 4) is 0 Å². The normalized spacial score (nSPS) is 60.3. The van der Waals surface area contributed by atoms with Gasteiger partial charge >= 0.3 is 0 Å². The minimum atomic E-state index is 0.429. The van der Waals surface area contributed by atoms with Gasteiger partial charge in [-0.3, -0.25) is 0 Å².